The second-order valence-electron chi connectivity index (χ2n) is 4.77. The van der Waals surface area contributed by atoms with Gasteiger partial charge in [0.1, 0.15) is 5.75 Å². The molecule has 0 aromatic heterocycles. The first-order chi connectivity index (χ1) is 9.78. The number of thioether (sulfide) groups is 1. The Balaban J connectivity index is 1.76. The fourth-order valence-corrected chi connectivity index (χ4v) is 3.06. The number of nitrogens with two attached hydrogens (primary N) is 1. The lowest BCUT2D eigenvalue weighted by atomic mass is 10.0. The molecule has 106 valence electrons. The van der Waals surface area contributed by atoms with Crippen molar-refractivity contribution in [2.24, 2.45) is 5.73 Å². The molecule has 0 heterocycles. The van der Waals surface area contributed by atoms with Gasteiger partial charge in [-0.15, -0.1) is 11.8 Å². The van der Waals surface area contributed by atoms with Crippen molar-refractivity contribution in [3.05, 3.63) is 60.2 Å². The second-order valence-corrected chi connectivity index (χ2v) is 5.93. The van der Waals surface area contributed by atoms with Crippen LogP contribution in [0, 0.1) is 0 Å². The fraction of sp³-hybridized carbons (Fsp3) is 0.294. The maximum Gasteiger partial charge on any atom is 0.119 e. The molecule has 0 spiro atoms. The summed E-state index contributed by atoms with van der Waals surface area (Å²) in [7, 11) is 1.69. The minimum atomic E-state index is 0.193. The fourth-order valence-electron chi connectivity index (χ4n) is 2.05. The third kappa shape index (κ3) is 4.91. The van der Waals surface area contributed by atoms with Crippen LogP contribution in [-0.2, 0) is 6.42 Å². The summed E-state index contributed by atoms with van der Waals surface area (Å²) in [5, 5.41) is 0. The molecular weight excluding hydrogens is 266 g/mol. The number of ether oxygens (including phenoxy) is 1. The molecule has 0 amide bonds. The summed E-state index contributed by atoms with van der Waals surface area (Å²) in [5.74, 6) is 1.95. The van der Waals surface area contributed by atoms with Gasteiger partial charge in [0.2, 0.25) is 0 Å². The molecule has 2 aromatic carbocycles. The molecular formula is C17H21NOS. The minimum Gasteiger partial charge on any atom is -0.497 e. The lowest BCUT2D eigenvalue weighted by Crippen LogP contribution is -2.23. The lowest BCUT2D eigenvalue weighted by molar-refractivity contribution is 0.414. The quantitative estimate of drug-likeness (QED) is 0.788. The van der Waals surface area contributed by atoms with Crippen LogP contribution in [0.4, 0.5) is 0 Å². The predicted octanol–water partition coefficient (Wildman–Crippen LogP) is 3.75. The van der Waals surface area contributed by atoms with E-state index in [0.29, 0.717) is 0 Å². The van der Waals surface area contributed by atoms with Gasteiger partial charge in [0.25, 0.3) is 0 Å². The Kier molecular flexibility index (Phi) is 5.96. The van der Waals surface area contributed by atoms with Crippen LogP contribution in [0.2, 0.25) is 0 Å². The molecule has 2 N–H and O–H groups in total. The molecule has 2 rings (SSSR count). The largest absolute Gasteiger partial charge is 0.497 e. The van der Waals surface area contributed by atoms with Crippen LogP contribution in [0.15, 0.2) is 59.5 Å². The van der Waals surface area contributed by atoms with E-state index in [0.717, 1.165) is 24.3 Å². The smallest absolute Gasteiger partial charge is 0.119 e. The van der Waals surface area contributed by atoms with Crippen LogP contribution in [0.5, 0.6) is 5.75 Å². The Morgan fingerprint density at radius 3 is 2.65 bits per heavy atom. The third-order valence-electron chi connectivity index (χ3n) is 3.13. The first-order valence-electron chi connectivity index (χ1n) is 6.84. The van der Waals surface area contributed by atoms with Crippen molar-refractivity contribution in [2.45, 2.75) is 23.8 Å². The zero-order valence-corrected chi connectivity index (χ0v) is 12.6. The highest BCUT2D eigenvalue weighted by Gasteiger charge is 2.05. The molecule has 2 nitrogen and oxygen atoms in total. The van der Waals surface area contributed by atoms with Gasteiger partial charge in [0, 0.05) is 10.9 Å². The van der Waals surface area contributed by atoms with Crippen molar-refractivity contribution in [1.29, 1.82) is 0 Å². The molecule has 2 aromatic rings. The van der Waals surface area contributed by atoms with Gasteiger partial charge in [-0.2, -0.15) is 0 Å². The molecule has 0 bridgehead atoms. The first-order valence-corrected chi connectivity index (χ1v) is 7.83. The van der Waals surface area contributed by atoms with Crippen LogP contribution in [-0.4, -0.2) is 18.9 Å². The lowest BCUT2D eigenvalue weighted by Gasteiger charge is -2.12. The van der Waals surface area contributed by atoms with Gasteiger partial charge in [-0.25, -0.2) is 0 Å². The number of hydrogen-bond donors (Lipinski definition) is 1. The molecule has 0 fully saturated rings. The topological polar surface area (TPSA) is 35.2 Å². The van der Waals surface area contributed by atoms with E-state index >= 15 is 0 Å². The van der Waals surface area contributed by atoms with Crippen LogP contribution < -0.4 is 10.5 Å². The van der Waals surface area contributed by atoms with Gasteiger partial charge in [-0.1, -0.05) is 30.3 Å². The van der Waals surface area contributed by atoms with E-state index in [-0.39, 0.29) is 6.04 Å². The van der Waals surface area contributed by atoms with E-state index < -0.39 is 0 Å². The average Bonchev–Trinajstić information content (AvgIpc) is 2.48. The highest BCUT2D eigenvalue weighted by molar-refractivity contribution is 7.99. The molecule has 0 saturated carbocycles. The molecule has 0 aliphatic rings. The van der Waals surface area contributed by atoms with Crippen LogP contribution in [0.3, 0.4) is 0 Å². The van der Waals surface area contributed by atoms with Gasteiger partial charge in [-0.05, 0) is 48.4 Å². The van der Waals surface area contributed by atoms with E-state index in [9.17, 15) is 0 Å². The molecule has 1 unspecified atom stereocenters. The maximum absolute atomic E-state index is 6.21. The normalized spacial score (nSPS) is 12.1. The van der Waals surface area contributed by atoms with Gasteiger partial charge in [-0.3, -0.25) is 0 Å². The second kappa shape index (κ2) is 7.98. The van der Waals surface area contributed by atoms with Crippen LogP contribution in [0.1, 0.15) is 12.0 Å². The van der Waals surface area contributed by atoms with Gasteiger partial charge >= 0.3 is 0 Å². The molecule has 3 heteroatoms. The SMILES string of the molecule is COc1cccc(CC(N)CCSc2ccccc2)c1. The van der Waals surface area contributed by atoms with Gasteiger partial charge < -0.3 is 10.5 Å². The van der Waals surface area contributed by atoms with E-state index in [2.05, 4.69) is 36.4 Å². The highest BCUT2D eigenvalue weighted by atomic mass is 32.2. The molecule has 0 aliphatic carbocycles. The monoisotopic (exact) mass is 287 g/mol. The maximum atomic E-state index is 6.21. The van der Waals surface area contributed by atoms with Crippen molar-refractivity contribution < 1.29 is 4.74 Å². The molecule has 0 saturated heterocycles. The summed E-state index contributed by atoms with van der Waals surface area (Å²) in [5.41, 5.74) is 7.44. The average molecular weight is 287 g/mol. The summed E-state index contributed by atoms with van der Waals surface area (Å²) >= 11 is 1.86. The predicted molar refractivity (Wildman–Crippen MR) is 86.5 cm³/mol. The van der Waals surface area contributed by atoms with Crippen molar-refractivity contribution in [3.8, 4) is 5.75 Å². The van der Waals surface area contributed by atoms with Crippen molar-refractivity contribution >= 4 is 11.8 Å². The standard InChI is InChI=1S/C17H21NOS/c1-19-16-7-5-6-14(13-16)12-15(18)10-11-20-17-8-3-2-4-9-17/h2-9,13,15H,10-12,18H2,1H3. The zero-order chi connectivity index (χ0) is 14.2. The Morgan fingerprint density at radius 2 is 1.90 bits per heavy atom. The van der Waals surface area contributed by atoms with E-state index in [1.165, 1.54) is 10.5 Å². The summed E-state index contributed by atoms with van der Waals surface area (Å²) in [6.07, 6.45) is 1.91. The molecule has 1 atom stereocenters. The Hall–Kier alpha value is -1.45. The molecule has 0 radical (unpaired) electrons. The summed E-state index contributed by atoms with van der Waals surface area (Å²) in [6, 6.07) is 18.8. The van der Waals surface area contributed by atoms with Crippen molar-refractivity contribution in [1.82, 2.24) is 0 Å². The minimum absolute atomic E-state index is 0.193. The highest BCUT2D eigenvalue weighted by Crippen LogP contribution is 2.19. The number of rotatable bonds is 7. The Bertz CT molecular complexity index is 515. The van der Waals surface area contributed by atoms with Crippen molar-refractivity contribution in [3.63, 3.8) is 0 Å². The van der Waals surface area contributed by atoms with E-state index in [4.69, 9.17) is 10.5 Å². The number of methoxy groups -OCH3 is 1. The number of hydrogen-bond acceptors (Lipinski definition) is 3. The van der Waals surface area contributed by atoms with Crippen LogP contribution in [0.25, 0.3) is 0 Å². The van der Waals surface area contributed by atoms with E-state index in [1.807, 2.05) is 30.0 Å². The van der Waals surface area contributed by atoms with Gasteiger partial charge in [0.05, 0.1) is 7.11 Å². The molecule has 0 aliphatic heterocycles. The Morgan fingerprint density at radius 1 is 1.10 bits per heavy atom. The van der Waals surface area contributed by atoms with Crippen molar-refractivity contribution in [2.75, 3.05) is 12.9 Å². The summed E-state index contributed by atoms with van der Waals surface area (Å²) in [4.78, 5) is 1.31. The number of benzene rings is 2. The van der Waals surface area contributed by atoms with Crippen LogP contribution >= 0.6 is 11.8 Å². The zero-order valence-electron chi connectivity index (χ0n) is 11.8. The van der Waals surface area contributed by atoms with E-state index in [1.54, 1.807) is 7.11 Å². The van der Waals surface area contributed by atoms with Gasteiger partial charge in [0.15, 0.2) is 0 Å². The summed E-state index contributed by atoms with van der Waals surface area (Å²) in [6.45, 7) is 0. The Labute approximate surface area is 125 Å². The first kappa shape index (κ1) is 14.9. The third-order valence-corrected chi connectivity index (χ3v) is 4.18. The summed E-state index contributed by atoms with van der Waals surface area (Å²) < 4.78 is 5.23. The molecule has 20 heavy (non-hydrogen) atoms.